The van der Waals surface area contributed by atoms with E-state index in [1.165, 1.54) is 18.5 Å². The maximum atomic E-state index is 12.0. The fourth-order valence-corrected chi connectivity index (χ4v) is 3.07. The summed E-state index contributed by atoms with van der Waals surface area (Å²) in [5, 5.41) is 10.1. The highest BCUT2D eigenvalue weighted by molar-refractivity contribution is 7.89. The first-order valence-corrected chi connectivity index (χ1v) is 8.03. The Kier molecular flexibility index (Phi) is 4.76. The summed E-state index contributed by atoms with van der Waals surface area (Å²) in [7, 11) is -3.59. The number of nitrogens with one attached hydrogen (secondary N) is 1. The lowest BCUT2D eigenvalue weighted by atomic mass is 10.1. The average molecular weight is 310 g/mol. The second-order valence-corrected chi connectivity index (χ2v) is 6.53. The SMILES string of the molecule is Cc1cc(C(O)CCNS(=O)(=O)c2cccnc2)c(C)o1. The molecule has 0 saturated heterocycles. The summed E-state index contributed by atoms with van der Waals surface area (Å²) >= 11 is 0. The second kappa shape index (κ2) is 6.38. The molecule has 0 saturated carbocycles. The van der Waals surface area contributed by atoms with Crippen LogP contribution in [0.2, 0.25) is 0 Å². The molecule has 21 heavy (non-hydrogen) atoms. The highest BCUT2D eigenvalue weighted by Crippen LogP contribution is 2.23. The van der Waals surface area contributed by atoms with E-state index in [0.717, 1.165) is 5.76 Å². The molecule has 2 N–H and O–H groups in total. The van der Waals surface area contributed by atoms with Crippen LogP contribution >= 0.6 is 0 Å². The summed E-state index contributed by atoms with van der Waals surface area (Å²) in [6, 6.07) is 4.78. The van der Waals surface area contributed by atoms with Crippen molar-refractivity contribution in [2.24, 2.45) is 0 Å². The van der Waals surface area contributed by atoms with Crippen LogP contribution in [0.25, 0.3) is 0 Å². The first-order valence-electron chi connectivity index (χ1n) is 6.55. The Morgan fingerprint density at radius 3 is 2.76 bits per heavy atom. The Morgan fingerprint density at radius 2 is 2.19 bits per heavy atom. The number of furan rings is 1. The van der Waals surface area contributed by atoms with E-state index < -0.39 is 16.1 Å². The number of aliphatic hydroxyl groups is 1. The minimum absolute atomic E-state index is 0.106. The average Bonchev–Trinajstić information content (AvgIpc) is 2.78. The lowest BCUT2D eigenvalue weighted by Crippen LogP contribution is -2.26. The van der Waals surface area contributed by atoms with Crippen LogP contribution in [0.1, 0.15) is 29.6 Å². The number of sulfonamides is 1. The molecular weight excluding hydrogens is 292 g/mol. The predicted octanol–water partition coefficient (Wildman–Crippen LogP) is 1.69. The molecule has 0 radical (unpaired) electrons. The Balaban J connectivity index is 1.94. The van der Waals surface area contributed by atoms with Gasteiger partial charge in [-0.15, -0.1) is 0 Å². The van der Waals surface area contributed by atoms with Gasteiger partial charge >= 0.3 is 0 Å². The third kappa shape index (κ3) is 3.90. The van der Waals surface area contributed by atoms with Gasteiger partial charge in [-0.1, -0.05) is 0 Å². The molecule has 2 aromatic heterocycles. The molecule has 0 spiro atoms. The number of hydrogen-bond acceptors (Lipinski definition) is 5. The van der Waals surface area contributed by atoms with Gasteiger partial charge in [-0.2, -0.15) is 0 Å². The minimum atomic E-state index is -3.59. The molecule has 0 aliphatic carbocycles. The first-order chi connectivity index (χ1) is 9.90. The van der Waals surface area contributed by atoms with Crippen molar-refractivity contribution in [2.45, 2.75) is 31.3 Å². The third-order valence-corrected chi connectivity index (χ3v) is 4.54. The molecule has 1 unspecified atom stereocenters. The van der Waals surface area contributed by atoms with Gasteiger partial charge in [-0.3, -0.25) is 4.98 Å². The first kappa shape index (κ1) is 15.7. The van der Waals surface area contributed by atoms with Crippen molar-refractivity contribution < 1.29 is 17.9 Å². The maximum absolute atomic E-state index is 12.0. The van der Waals surface area contributed by atoms with E-state index in [1.807, 2.05) is 0 Å². The zero-order chi connectivity index (χ0) is 15.5. The third-order valence-electron chi connectivity index (χ3n) is 3.09. The number of rotatable bonds is 6. The van der Waals surface area contributed by atoms with Gasteiger partial charge in [-0.25, -0.2) is 13.1 Å². The molecule has 2 rings (SSSR count). The zero-order valence-corrected chi connectivity index (χ0v) is 12.7. The monoisotopic (exact) mass is 310 g/mol. The summed E-state index contributed by atoms with van der Waals surface area (Å²) < 4.78 is 31.7. The topological polar surface area (TPSA) is 92.4 Å². The van der Waals surface area contributed by atoms with Gasteiger partial charge in [0.15, 0.2) is 0 Å². The summed E-state index contributed by atoms with van der Waals surface area (Å²) in [5.41, 5.74) is 0.688. The molecule has 2 aromatic rings. The van der Waals surface area contributed by atoms with Crippen LogP contribution in [-0.4, -0.2) is 25.1 Å². The number of aliphatic hydroxyl groups excluding tert-OH is 1. The standard InChI is InChI=1S/C14H18N2O4S/c1-10-8-13(11(2)20-10)14(17)5-7-16-21(18,19)12-4-3-6-15-9-12/h3-4,6,8-9,14,16-17H,5,7H2,1-2H3. The molecule has 0 aliphatic rings. The van der Waals surface area contributed by atoms with Gasteiger partial charge in [0.05, 0.1) is 6.10 Å². The van der Waals surface area contributed by atoms with Crippen molar-refractivity contribution in [1.82, 2.24) is 9.71 Å². The molecular formula is C14H18N2O4S. The number of pyridine rings is 1. The highest BCUT2D eigenvalue weighted by Gasteiger charge is 2.17. The van der Waals surface area contributed by atoms with Crippen LogP contribution in [0.3, 0.4) is 0 Å². The van der Waals surface area contributed by atoms with Crippen molar-refractivity contribution in [3.63, 3.8) is 0 Å². The fourth-order valence-electron chi connectivity index (χ4n) is 2.06. The summed E-state index contributed by atoms with van der Waals surface area (Å²) in [4.78, 5) is 3.88. The van der Waals surface area contributed by atoms with Crippen LogP contribution < -0.4 is 4.72 Å². The van der Waals surface area contributed by atoms with E-state index in [1.54, 1.807) is 26.0 Å². The molecule has 0 amide bonds. The lowest BCUT2D eigenvalue weighted by Gasteiger charge is -2.11. The fraction of sp³-hybridized carbons (Fsp3) is 0.357. The smallest absolute Gasteiger partial charge is 0.242 e. The van der Waals surface area contributed by atoms with Gasteiger partial charge in [0.1, 0.15) is 16.4 Å². The van der Waals surface area contributed by atoms with Gasteiger partial charge in [0.2, 0.25) is 10.0 Å². The van der Waals surface area contributed by atoms with E-state index in [4.69, 9.17) is 4.42 Å². The normalized spacial score (nSPS) is 13.3. The Labute approximate surface area is 123 Å². The van der Waals surface area contributed by atoms with Crippen LogP contribution in [0.5, 0.6) is 0 Å². The van der Waals surface area contributed by atoms with Crippen molar-refractivity contribution in [3.8, 4) is 0 Å². The van der Waals surface area contributed by atoms with Gasteiger partial charge in [0, 0.05) is 24.5 Å². The van der Waals surface area contributed by atoms with Crippen molar-refractivity contribution in [1.29, 1.82) is 0 Å². The summed E-state index contributed by atoms with van der Waals surface area (Å²) in [6.07, 6.45) is 2.29. The number of aryl methyl sites for hydroxylation is 2. The van der Waals surface area contributed by atoms with Crippen LogP contribution in [0.4, 0.5) is 0 Å². The molecule has 0 aromatic carbocycles. The number of nitrogens with zero attached hydrogens (tertiary/aromatic N) is 1. The quantitative estimate of drug-likeness (QED) is 0.847. The molecule has 2 heterocycles. The predicted molar refractivity (Wildman–Crippen MR) is 77.2 cm³/mol. The minimum Gasteiger partial charge on any atom is -0.466 e. The number of hydrogen-bond donors (Lipinski definition) is 2. The highest BCUT2D eigenvalue weighted by atomic mass is 32.2. The van der Waals surface area contributed by atoms with Gasteiger partial charge in [0.25, 0.3) is 0 Å². The largest absolute Gasteiger partial charge is 0.466 e. The molecule has 0 fully saturated rings. The van der Waals surface area contributed by atoms with Crippen LogP contribution in [-0.2, 0) is 10.0 Å². The molecule has 114 valence electrons. The van der Waals surface area contributed by atoms with E-state index in [9.17, 15) is 13.5 Å². The summed E-state index contributed by atoms with van der Waals surface area (Å²) in [6.45, 7) is 3.70. The number of aromatic nitrogens is 1. The van der Waals surface area contributed by atoms with Crippen molar-refractivity contribution in [3.05, 3.63) is 47.7 Å². The van der Waals surface area contributed by atoms with Crippen molar-refractivity contribution in [2.75, 3.05) is 6.54 Å². The van der Waals surface area contributed by atoms with E-state index in [-0.39, 0.29) is 17.9 Å². The van der Waals surface area contributed by atoms with Crippen LogP contribution in [0, 0.1) is 13.8 Å². The van der Waals surface area contributed by atoms with Gasteiger partial charge < -0.3 is 9.52 Å². The van der Waals surface area contributed by atoms with E-state index >= 15 is 0 Å². The van der Waals surface area contributed by atoms with Gasteiger partial charge in [-0.05, 0) is 38.5 Å². The molecule has 0 aliphatic heterocycles. The Hall–Kier alpha value is -1.70. The Bertz CT molecular complexity index is 695. The van der Waals surface area contributed by atoms with E-state index in [0.29, 0.717) is 11.3 Å². The molecule has 1 atom stereocenters. The summed E-state index contributed by atoms with van der Waals surface area (Å²) in [5.74, 6) is 1.37. The Morgan fingerprint density at radius 1 is 1.43 bits per heavy atom. The van der Waals surface area contributed by atoms with E-state index in [2.05, 4.69) is 9.71 Å². The second-order valence-electron chi connectivity index (χ2n) is 4.76. The lowest BCUT2D eigenvalue weighted by molar-refractivity contribution is 0.167. The molecule has 6 nitrogen and oxygen atoms in total. The maximum Gasteiger partial charge on any atom is 0.242 e. The molecule has 7 heteroatoms. The van der Waals surface area contributed by atoms with Crippen LogP contribution in [0.15, 0.2) is 39.9 Å². The zero-order valence-electron chi connectivity index (χ0n) is 11.9. The molecule has 0 bridgehead atoms. The van der Waals surface area contributed by atoms with Crippen molar-refractivity contribution >= 4 is 10.0 Å².